The fraction of sp³-hybridized carbons (Fsp3) is 0.310. The zero-order chi connectivity index (χ0) is 21.8. The third-order valence-corrected chi connectivity index (χ3v) is 6.70. The summed E-state index contributed by atoms with van der Waals surface area (Å²) < 4.78 is 11.7. The first-order valence-electron chi connectivity index (χ1n) is 11.8. The van der Waals surface area contributed by atoms with E-state index in [4.69, 9.17) is 9.47 Å². The van der Waals surface area contributed by atoms with Gasteiger partial charge in [-0.25, -0.2) is 0 Å². The highest BCUT2D eigenvalue weighted by molar-refractivity contribution is 5.68. The van der Waals surface area contributed by atoms with Gasteiger partial charge in [0, 0.05) is 18.0 Å². The molecule has 1 atom stereocenters. The van der Waals surface area contributed by atoms with Gasteiger partial charge in [-0.3, -0.25) is 4.90 Å². The number of ether oxygens (including phenoxy) is 2. The average Bonchev–Trinajstić information content (AvgIpc) is 3.40. The van der Waals surface area contributed by atoms with E-state index in [0.717, 1.165) is 36.3 Å². The molecule has 1 fully saturated rings. The Bertz CT molecular complexity index is 1050. The lowest BCUT2D eigenvalue weighted by Crippen LogP contribution is -2.23. The fourth-order valence-corrected chi connectivity index (χ4v) is 4.71. The predicted octanol–water partition coefficient (Wildman–Crippen LogP) is 7.36. The van der Waals surface area contributed by atoms with E-state index < -0.39 is 0 Å². The van der Waals surface area contributed by atoms with Gasteiger partial charge in [-0.05, 0) is 62.4 Å². The average molecular weight is 426 g/mol. The summed E-state index contributed by atoms with van der Waals surface area (Å²) in [6.07, 6.45) is 15.5. The number of likely N-dealkylation sites (tertiary alicyclic amines) is 1. The number of benzene rings is 2. The van der Waals surface area contributed by atoms with Crippen LogP contribution in [0, 0.1) is 0 Å². The van der Waals surface area contributed by atoms with E-state index in [2.05, 4.69) is 78.6 Å². The van der Waals surface area contributed by atoms with Crippen molar-refractivity contribution in [2.75, 3.05) is 13.1 Å². The van der Waals surface area contributed by atoms with Gasteiger partial charge in [0.2, 0.25) is 0 Å². The molecule has 0 N–H and O–H groups in total. The van der Waals surface area contributed by atoms with E-state index in [1.165, 1.54) is 48.2 Å². The molecule has 0 spiro atoms. The molecule has 1 unspecified atom stereocenters. The standard InChI is InChI=1S/C29H31NO2/c1-22(30-17-5-6-18-30)24-9-11-25(12-10-24)26-13-15-27(16-14-26)29-21-31-20-28(32-29)19-23-7-3-2-4-8-23/h2-3,7,9-16,20-22H,4-6,8,17-19H2,1H3. The van der Waals surface area contributed by atoms with Crippen LogP contribution in [-0.4, -0.2) is 18.0 Å². The van der Waals surface area contributed by atoms with Gasteiger partial charge >= 0.3 is 0 Å². The first-order valence-corrected chi connectivity index (χ1v) is 11.8. The van der Waals surface area contributed by atoms with Gasteiger partial charge in [-0.15, -0.1) is 0 Å². The van der Waals surface area contributed by atoms with Crippen LogP contribution in [-0.2, 0) is 9.47 Å². The van der Waals surface area contributed by atoms with E-state index in [-0.39, 0.29) is 0 Å². The maximum Gasteiger partial charge on any atom is 0.169 e. The largest absolute Gasteiger partial charge is 0.465 e. The van der Waals surface area contributed by atoms with Gasteiger partial charge in [0.25, 0.3) is 0 Å². The summed E-state index contributed by atoms with van der Waals surface area (Å²) in [5.74, 6) is 1.62. The van der Waals surface area contributed by atoms with Crippen molar-refractivity contribution in [1.82, 2.24) is 4.90 Å². The molecule has 0 amide bonds. The van der Waals surface area contributed by atoms with Crippen LogP contribution in [0.4, 0.5) is 0 Å². The van der Waals surface area contributed by atoms with E-state index in [0.29, 0.717) is 6.04 Å². The van der Waals surface area contributed by atoms with E-state index in [9.17, 15) is 0 Å². The normalized spacial score (nSPS) is 19.5. The lowest BCUT2D eigenvalue weighted by atomic mass is 9.99. The van der Waals surface area contributed by atoms with Gasteiger partial charge in [0.1, 0.15) is 18.3 Å². The second-order valence-corrected chi connectivity index (χ2v) is 8.89. The summed E-state index contributed by atoms with van der Waals surface area (Å²) >= 11 is 0. The van der Waals surface area contributed by atoms with Gasteiger partial charge < -0.3 is 9.47 Å². The molecule has 5 rings (SSSR count). The van der Waals surface area contributed by atoms with Crippen LogP contribution in [0.3, 0.4) is 0 Å². The van der Waals surface area contributed by atoms with Crippen LogP contribution in [0.15, 0.2) is 90.6 Å². The molecule has 1 aliphatic carbocycles. The maximum atomic E-state index is 6.14. The first-order chi connectivity index (χ1) is 15.8. The highest BCUT2D eigenvalue weighted by atomic mass is 16.5. The Morgan fingerprint density at radius 1 is 0.875 bits per heavy atom. The minimum Gasteiger partial charge on any atom is -0.465 e. The van der Waals surface area contributed by atoms with Gasteiger partial charge in [0.05, 0.1) is 0 Å². The molecule has 2 aliphatic heterocycles. The van der Waals surface area contributed by atoms with Crippen LogP contribution >= 0.6 is 0 Å². The Hall–Kier alpha value is -3.04. The van der Waals surface area contributed by atoms with Crippen molar-refractivity contribution in [3.05, 3.63) is 102 Å². The molecule has 0 radical (unpaired) electrons. The van der Waals surface area contributed by atoms with E-state index in [1.807, 2.05) is 0 Å². The molecule has 32 heavy (non-hydrogen) atoms. The summed E-state index contributed by atoms with van der Waals surface area (Å²) in [6, 6.07) is 18.1. The zero-order valence-corrected chi connectivity index (χ0v) is 18.8. The number of rotatable bonds is 6. The van der Waals surface area contributed by atoms with Crippen molar-refractivity contribution in [2.24, 2.45) is 0 Å². The van der Waals surface area contributed by atoms with Crippen LogP contribution < -0.4 is 0 Å². The van der Waals surface area contributed by atoms with Crippen LogP contribution in [0.25, 0.3) is 16.9 Å². The van der Waals surface area contributed by atoms with E-state index >= 15 is 0 Å². The number of nitrogens with zero attached hydrogens (tertiary/aromatic N) is 1. The molecular formula is C29H31NO2. The van der Waals surface area contributed by atoms with Crippen molar-refractivity contribution in [3.8, 4) is 11.1 Å². The molecule has 0 bridgehead atoms. The lowest BCUT2D eigenvalue weighted by molar-refractivity contribution is 0.263. The van der Waals surface area contributed by atoms with Crippen molar-refractivity contribution in [2.45, 2.75) is 45.1 Å². The summed E-state index contributed by atoms with van der Waals surface area (Å²) in [6.45, 7) is 4.76. The Kier molecular flexibility index (Phi) is 6.27. The Morgan fingerprint density at radius 2 is 1.56 bits per heavy atom. The molecular weight excluding hydrogens is 394 g/mol. The quantitative estimate of drug-likeness (QED) is 0.482. The SMILES string of the molecule is CC(c1ccc(-c2ccc(C3=COC=C(CC4=CC=CCC4)O3)cc2)cc1)N1CCCC1. The fourth-order valence-electron chi connectivity index (χ4n) is 4.71. The zero-order valence-electron chi connectivity index (χ0n) is 18.8. The Morgan fingerprint density at radius 3 is 2.25 bits per heavy atom. The highest BCUT2D eigenvalue weighted by Crippen LogP contribution is 2.31. The van der Waals surface area contributed by atoms with Crippen molar-refractivity contribution in [3.63, 3.8) is 0 Å². The smallest absolute Gasteiger partial charge is 0.169 e. The first kappa shape index (κ1) is 20.8. The Labute approximate surface area is 191 Å². The molecule has 2 aromatic rings. The predicted molar refractivity (Wildman–Crippen MR) is 130 cm³/mol. The van der Waals surface area contributed by atoms with Crippen LogP contribution in [0.1, 0.15) is 56.2 Å². The molecule has 3 nitrogen and oxygen atoms in total. The van der Waals surface area contributed by atoms with Crippen molar-refractivity contribution >= 4 is 5.76 Å². The molecule has 2 heterocycles. The molecule has 0 saturated carbocycles. The monoisotopic (exact) mass is 425 g/mol. The third-order valence-electron chi connectivity index (χ3n) is 6.70. The highest BCUT2D eigenvalue weighted by Gasteiger charge is 2.19. The summed E-state index contributed by atoms with van der Waals surface area (Å²) in [5, 5.41) is 0. The maximum absolute atomic E-state index is 6.14. The minimum absolute atomic E-state index is 0.493. The summed E-state index contributed by atoms with van der Waals surface area (Å²) in [7, 11) is 0. The molecule has 164 valence electrons. The van der Waals surface area contributed by atoms with E-state index in [1.54, 1.807) is 12.5 Å². The molecule has 1 saturated heterocycles. The number of hydrogen-bond donors (Lipinski definition) is 0. The van der Waals surface area contributed by atoms with Crippen LogP contribution in [0.2, 0.25) is 0 Å². The number of hydrogen-bond acceptors (Lipinski definition) is 3. The number of allylic oxidation sites excluding steroid dienone is 4. The van der Waals surface area contributed by atoms with Gasteiger partial charge in [-0.1, -0.05) is 72.3 Å². The molecule has 3 heteroatoms. The topological polar surface area (TPSA) is 21.7 Å². The molecule has 0 aromatic heterocycles. The van der Waals surface area contributed by atoms with Gasteiger partial charge in [-0.2, -0.15) is 0 Å². The van der Waals surface area contributed by atoms with Crippen molar-refractivity contribution in [1.29, 1.82) is 0 Å². The van der Waals surface area contributed by atoms with Crippen molar-refractivity contribution < 1.29 is 9.47 Å². The second-order valence-electron chi connectivity index (χ2n) is 8.89. The van der Waals surface area contributed by atoms with Gasteiger partial charge in [0.15, 0.2) is 5.76 Å². The summed E-state index contributed by atoms with van der Waals surface area (Å²) in [5.41, 5.74) is 6.24. The molecule has 2 aromatic carbocycles. The minimum atomic E-state index is 0.493. The lowest BCUT2D eigenvalue weighted by Gasteiger charge is -2.24. The summed E-state index contributed by atoms with van der Waals surface area (Å²) in [4.78, 5) is 2.58. The Balaban J connectivity index is 1.23. The third kappa shape index (κ3) is 4.73. The molecule has 3 aliphatic rings. The van der Waals surface area contributed by atoms with Crippen LogP contribution in [0.5, 0.6) is 0 Å². The second kappa shape index (κ2) is 9.62.